The predicted molar refractivity (Wildman–Crippen MR) is 79.8 cm³/mol. The van der Waals surface area contributed by atoms with Crippen LogP contribution in [0.4, 0.5) is 5.69 Å². The molecule has 1 saturated heterocycles. The van der Waals surface area contributed by atoms with Crippen molar-refractivity contribution in [2.75, 3.05) is 12.0 Å². The van der Waals surface area contributed by atoms with Crippen LogP contribution in [0.3, 0.4) is 0 Å². The molecular formula is C14H16N2O3S. The molecule has 106 valence electrons. The van der Waals surface area contributed by atoms with Crippen LogP contribution in [-0.2, 0) is 9.59 Å². The van der Waals surface area contributed by atoms with Crippen molar-refractivity contribution in [3.05, 3.63) is 23.8 Å². The molecule has 0 saturated carbocycles. The number of nitrogens with zero attached hydrogens (tertiary/aromatic N) is 1. The Hall–Kier alpha value is -1.95. The van der Waals surface area contributed by atoms with Crippen LogP contribution in [0.5, 0.6) is 5.75 Å². The summed E-state index contributed by atoms with van der Waals surface area (Å²) in [5, 5.41) is 0. The maximum Gasteiger partial charge on any atom is 0.233 e. The number of thiocarbonyl (C=S) groups is 1. The zero-order valence-electron chi connectivity index (χ0n) is 11.2. The molecule has 5 nitrogen and oxygen atoms in total. The average molecular weight is 292 g/mol. The third-order valence-corrected chi connectivity index (χ3v) is 3.47. The summed E-state index contributed by atoms with van der Waals surface area (Å²) in [6.45, 7) is 0. The number of benzene rings is 1. The van der Waals surface area contributed by atoms with Gasteiger partial charge in [0.1, 0.15) is 10.7 Å². The summed E-state index contributed by atoms with van der Waals surface area (Å²) in [6.07, 6.45) is 2.20. The average Bonchev–Trinajstić information content (AvgIpc) is 2.59. The SMILES string of the molecule is COc1cc(C(N)=S)ccc1N1C(=O)CCCCC1=O. The minimum atomic E-state index is -0.200. The van der Waals surface area contributed by atoms with Gasteiger partial charge in [0.25, 0.3) is 0 Å². The van der Waals surface area contributed by atoms with Crippen molar-refractivity contribution in [1.29, 1.82) is 0 Å². The summed E-state index contributed by atoms with van der Waals surface area (Å²) < 4.78 is 5.27. The van der Waals surface area contributed by atoms with E-state index in [0.717, 1.165) is 12.8 Å². The van der Waals surface area contributed by atoms with E-state index in [-0.39, 0.29) is 16.8 Å². The van der Waals surface area contributed by atoms with E-state index in [1.54, 1.807) is 18.2 Å². The third kappa shape index (κ3) is 2.80. The van der Waals surface area contributed by atoms with Gasteiger partial charge in [-0.3, -0.25) is 9.59 Å². The number of nitrogens with two attached hydrogens (primary N) is 1. The highest BCUT2D eigenvalue weighted by Crippen LogP contribution is 2.32. The van der Waals surface area contributed by atoms with Gasteiger partial charge in [-0.25, -0.2) is 4.90 Å². The number of imide groups is 1. The summed E-state index contributed by atoms with van der Waals surface area (Å²) >= 11 is 4.91. The Morgan fingerprint density at radius 1 is 1.25 bits per heavy atom. The number of carbonyl (C=O) groups excluding carboxylic acids is 2. The van der Waals surface area contributed by atoms with Gasteiger partial charge < -0.3 is 10.5 Å². The Kier molecular flexibility index (Phi) is 4.34. The molecule has 0 spiro atoms. The lowest BCUT2D eigenvalue weighted by Gasteiger charge is -2.21. The van der Waals surface area contributed by atoms with E-state index in [9.17, 15) is 9.59 Å². The number of hydrogen-bond donors (Lipinski definition) is 1. The summed E-state index contributed by atoms with van der Waals surface area (Å²) in [6, 6.07) is 4.98. The smallest absolute Gasteiger partial charge is 0.233 e. The van der Waals surface area contributed by atoms with Crippen molar-refractivity contribution in [2.45, 2.75) is 25.7 Å². The number of hydrogen-bond acceptors (Lipinski definition) is 4. The molecule has 0 bridgehead atoms. The monoisotopic (exact) mass is 292 g/mol. The van der Waals surface area contributed by atoms with Crippen LogP contribution in [0, 0.1) is 0 Å². The molecular weight excluding hydrogens is 276 g/mol. The molecule has 1 aromatic rings. The van der Waals surface area contributed by atoms with E-state index in [1.165, 1.54) is 12.0 Å². The van der Waals surface area contributed by atoms with Crippen LogP contribution in [0.2, 0.25) is 0 Å². The first-order valence-corrected chi connectivity index (χ1v) is 6.79. The fourth-order valence-corrected chi connectivity index (χ4v) is 2.33. The fraction of sp³-hybridized carbons (Fsp3) is 0.357. The highest BCUT2D eigenvalue weighted by molar-refractivity contribution is 7.80. The second-order valence-corrected chi connectivity index (χ2v) is 5.02. The van der Waals surface area contributed by atoms with Crippen molar-refractivity contribution >= 4 is 34.7 Å². The molecule has 6 heteroatoms. The van der Waals surface area contributed by atoms with E-state index in [1.807, 2.05) is 0 Å². The summed E-state index contributed by atoms with van der Waals surface area (Å²) in [7, 11) is 1.48. The van der Waals surface area contributed by atoms with Gasteiger partial charge in [-0.1, -0.05) is 12.2 Å². The zero-order valence-corrected chi connectivity index (χ0v) is 12.0. The maximum absolute atomic E-state index is 12.1. The lowest BCUT2D eigenvalue weighted by atomic mass is 10.1. The van der Waals surface area contributed by atoms with Crippen molar-refractivity contribution in [2.24, 2.45) is 5.73 Å². The third-order valence-electron chi connectivity index (χ3n) is 3.24. The molecule has 20 heavy (non-hydrogen) atoms. The topological polar surface area (TPSA) is 72.6 Å². The van der Waals surface area contributed by atoms with E-state index in [4.69, 9.17) is 22.7 Å². The highest BCUT2D eigenvalue weighted by atomic mass is 32.1. The van der Waals surface area contributed by atoms with E-state index in [2.05, 4.69) is 0 Å². The van der Waals surface area contributed by atoms with Crippen LogP contribution in [-0.4, -0.2) is 23.9 Å². The predicted octanol–water partition coefficient (Wildman–Crippen LogP) is 1.76. The molecule has 2 amide bonds. The van der Waals surface area contributed by atoms with E-state index < -0.39 is 0 Å². The second-order valence-electron chi connectivity index (χ2n) is 4.58. The minimum absolute atomic E-state index is 0.200. The first kappa shape index (κ1) is 14.5. The fourth-order valence-electron chi connectivity index (χ4n) is 2.20. The Morgan fingerprint density at radius 3 is 2.35 bits per heavy atom. The van der Waals surface area contributed by atoms with Gasteiger partial charge in [-0.05, 0) is 31.0 Å². The molecule has 1 aromatic carbocycles. The molecule has 0 aliphatic carbocycles. The summed E-state index contributed by atoms with van der Waals surface area (Å²) in [4.78, 5) is 25.7. The van der Waals surface area contributed by atoms with E-state index >= 15 is 0 Å². The van der Waals surface area contributed by atoms with Crippen molar-refractivity contribution in [3.8, 4) is 5.75 Å². The number of rotatable bonds is 3. The highest BCUT2D eigenvalue weighted by Gasteiger charge is 2.28. The van der Waals surface area contributed by atoms with Gasteiger partial charge >= 0.3 is 0 Å². The second kappa shape index (κ2) is 6.00. The lowest BCUT2D eigenvalue weighted by molar-refractivity contribution is -0.125. The molecule has 0 aromatic heterocycles. The largest absolute Gasteiger partial charge is 0.495 e. The number of methoxy groups -OCH3 is 1. The lowest BCUT2D eigenvalue weighted by Crippen LogP contribution is -2.35. The van der Waals surface area contributed by atoms with Crippen LogP contribution in [0.25, 0.3) is 0 Å². The van der Waals surface area contributed by atoms with Crippen molar-refractivity contribution in [3.63, 3.8) is 0 Å². The van der Waals surface area contributed by atoms with Crippen LogP contribution >= 0.6 is 12.2 Å². The van der Waals surface area contributed by atoms with E-state index in [0.29, 0.717) is 29.8 Å². The summed E-state index contributed by atoms with van der Waals surface area (Å²) in [5.74, 6) is 0.0154. The standard InChI is InChI=1S/C14H16N2O3S/c1-19-11-8-9(14(15)20)6-7-10(11)16-12(17)4-2-3-5-13(16)18/h6-8H,2-5H2,1H3,(H2,15,20). The van der Waals surface area contributed by atoms with Crippen LogP contribution < -0.4 is 15.4 Å². The Balaban J connectivity index is 2.47. The normalized spacial score (nSPS) is 15.9. The Morgan fingerprint density at radius 2 is 1.85 bits per heavy atom. The maximum atomic E-state index is 12.1. The number of carbonyl (C=O) groups is 2. The zero-order chi connectivity index (χ0) is 14.7. The van der Waals surface area contributed by atoms with Gasteiger partial charge in [0, 0.05) is 18.4 Å². The van der Waals surface area contributed by atoms with Gasteiger partial charge in [0.15, 0.2) is 0 Å². The first-order chi connectivity index (χ1) is 9.54. The number of amides is 2. The summed E-state index contributed by atoms with van der Waals surface area (Å²) in [5.41, 5.74) is 6.66. The molecule has 1 aliphatic rings. The molecule has 1 aliphatic heterocycles. The van der Waals surface area contributed by atoms with Crippen molar-refractivity contribution < 1.29 is 14.3 Å². The molecule has 1 fully saturated rings. The van der Waals surface area contributed by atoms with Crippen molar-refractivity contribution in [1.82, 2.24) is 0 Å². The molecule has 0 unspecified atom stereocenters. The quantitative estimate of drug-likeness (QED) is 0.679. The minimum Gasteiger partial charge on any atom is -0.495 e. The van der Waals surface area contributed by atoms with Gasteiger partial charge in [0.2, 0.25) is 11.8 Å². The molecule has 0 atom stereocenters. The van der Waals surface area contributed by atoms with Gasteiger partial charge in [-0.15, -0.1) is 0 Å². The van der Waals surface area contributed by atoms with Crippen LogP contribution in [0.15, 0.2) is 18.2 Å². The van der Waals surface area contributed by atoms with Gasteiger partial charge in [-0.2, -0.15) is 0 Å². The molecule has 2 N–H and O–H groups in total. The first-order valence-electron chi connectivity index (χ1n) is 6.38. The molecule has 2 rings (SSSR count). The molecule has 1 heterocycles. The number of anilines is 1. The number of ether oxygens (including phenoxy) is 1. The molecule has 0 radical (unpaired) electrons. The Labute approximate surface area is 122 Å². The van der Waals surface area contributed by atoms with Crippen LogP contribution in [0.1, 0.15) is 31.2 Å². The Bertz CT molecular complexity index is 554. The van der Waals surface area contributed by atoms with Gasteiger partial charge in [0.05, 0.1) is 12.8 Å².